The number of nitrogens with two attached hydrogens (primary N) is 1. The van der Waals surface area contributed by atoms with Gasteiger partial charge in [0, 0.05) is 43.5 Å². The van der Waals surface area contributed by atoms with Crippen molar-refractivity contribution >= 4 is 21.4 Å². The molecule has 25 heavy (non-hydrogen) atoms. The van der Waals surface area contributed by atoms with Crippen molar-refractivity contribution in [3.05, 3.63) is 28.3 Å². The normalized spacial score (nSPS) is 19.9. The lowest BCUT2D eigenvalue weighted by Crippen LogP contribution is -2.54. The number of non-ortho nitro benzene ring substituents is 1. The average Bonchev–Trinajstić information content (AvgIpc) is 2.46. The molecule has 8 nitrogen and oxygen atoms in total. The van der Waals surface area contributed by atoms with Crippen LogP contribution >= 0.6 is 0 Å². The smallest absolute Gasteiger partial charge is 0.368 e. The number of anilines is 1. The molecule has 1 aromatic carbocycles. The molecular weight excluding hydrogens is 365 g/mol. The van der Waals surface area contributed by atoms with E-state index >= 15 is 0 Å². The Labute approximate surface area is 142 Å². The zero-order valence-electron chi connectivity index (χ0n) is 13.2. The van der Waals surface area contributed by atoms with Crippen LogP contribution in [0.25, 0.3) is 0 Å². The van der Waals surface area contributed by atoms with E-state index < -0.39 is 44.3 Å². The van der Waals surface area contributed by atoms with Crippen molar-refractivity contribution in [1.29, 1.82) is 0 Å². The first-order valence-corrected chi connectivity index (χ1v) is 8.79. The molecule has 1 unspecified atom stereocenters. The largest absolute Gasteiger partial charge is 0.401 e. The number of halogens is 3. The van der Waals surface area contributed by atoms with Crippen LogP contribution in [0.15, 0.2) is 23.1 Å². The number of sulfonamides is 1. The molecule has 1 saturated heterocycles. The highest BCUT2D eigenvalue weighted by atomic mass is 32.2. The van der Waals surface area contributed by atoms with Gasteiger partial charge >= 0.3 is 6.18 Å². The SMILES string of the molecule is CC1CN(c2cc([N+](=O)[O-])cc(S(N)(=O)=O)c2)CCN1CC(F)(F)F. The summed E-state index contributed by atoms with van der Waals surface area (Å²) >= 11 is 0. The van der Waals surface area contributed by atoms with Gasteiger partial charge in [0.2, 0.25) is 10.0 Å². The van der Waals surface area contributed by atoms with Crippen LogP contribution in [0, 0.1) is 10.1 Å². The minimum absolute atomic E-state index is 0.0913. The van der Waals surface area contributed by atoms with E-state index in [4.69, 9.17) is 5.14 Å². The summed E-state index contributed by atoms with van der Waals surface area (Å²) in [4.78, 5) is 12.7. The zero-order valence-corrected chi connectivity index (χ0v) is 14.0. The highest BCUT2D eigenvalue weighted by Crippen LogP contribution is 2.28. The van der Waals surface area contributed by atoms with Gasteiger partial charge in [-0.1, -0.05) is 0 Å². The van der Waals surface area contributed by atoms with E-state index in [0.29, 0.717) is 0 Å². The lowest BCUT2D eigenvalue weighted by atomic mass is 10.1. The van der Waals surface area contributed by atoms with Crippen LogP contribution in [0.4, 0.5) is 24.5 Å². The Morgan fingerprint density at radius 2 is 1.96 bits per heavy atom. The van der Waals surface area contributed by atoms with E-state index in [0.717, 1.165) is 6.07 Å². The minimum atomic E-state index is -4.32. The topological polar surface area (TPSA) is 110 Å². The molecule has 1 fully saturated rings. The molecule has 0 radical (unpaired) electrons. The van der Waals surface area contributed by atoms with Gasteiger partial charge in [-0.3, -0.25) is 15.0 Å². The summed E-state index contributed by atoms with van der Waals surface area (Å²) in [5, 5.41) is 16.0. The molecule has 2 rings (SSSR count). The molecule has 12 heteroatoms. The van der Waals surface area contributed by atoms with Gasteiger partial charge in [-0.05, 0) is 13.0 Å². The van der Waals surface area contributed by atoms with E-state index in [1.165, 1.54) is 17.0 Å². The number of nitro benzene ring substituents is 1. The molecule has 140 valence electrons. The Hall–Kier alpha value is -1.92. The van der Waals surface area contributed by atoms with E-state index in [9.17, 15) is 31.7 Å². The van der Waals surface area contributed by atoms with Gasteiger partial charge in [-0.2, -0.15) is 13.2 Å². The van der Waals surface area contributed by atoms with Crippen molar-refractivity contribution in [3.8, 4) is 0 Å². The van der Waals surface area contributed by atoms with Gasteiger partial charge in [-0.25, -0.2) is 13.6 Å². The first kappa shape index (κ1) is 19.4. The second kappa shape index (κ2) is 6.77. The predicted molar refractivity (Wildman–Crippen MR) is 83.8 cm³/mol. The van der Waals surface area contributed by atoms with Crippen molar-refractivity contribution in [2.75, 3.05) is 31.1 Å². The number of rotatable bonds is 4. The monoisotopic (exact) mass is 382 g/mol. The summed E-state index contributed by atoms with van der Waals surface area (Å²) < 4.78 is 60.7. The van der Waals surface area contributed by atoms with Crippen LogP contribution in [-0.2, 0) is 10.0 Å². The molecule has 1 aliphatic heterocycles. The first-order valence-electron chi connectivity index (χ1n) is 7.25. The Bertz CT molecular complexity index is 769. The van der Waals surface area contributed by atoms with Crippen molar-refractivity contribution < 1.29 is 26.5 Å². The Morgan fingerprint density at radius 1 is 1.32 bits per heavy atom. The Kier molecular flexibility index (Phi) is 5.25. The number of nitro groups is 1. The second-order valence-electron chi connectivity index (χ2n) is 5.87. The van der Waals surface area contributed by atoms with Crippen molar-refractivity contribution in [2.45, 2.75) is 24.0 Å². The van der Waals surface area contributed by atoms with Crippen LogP contribution < -0.4 is 10.0 Å². The number of primary sulfonamides is 1. The lowest BCUT2D eigenvalue weighted by Gasteiger charge is -2.41. The quantitative estimate of drug-likeness (QED) is 0.621. The maximum absolute atomic E-state index is 12.5. The third kappa shape index (κ3) is 5.03. The van der Waals surface area contributed by atoms with Crippen molar-refractivity contribution in [2.24, 2.45) is 5.14 Å². The van der Waals surface area contributed by atoms with Gasteiger partial charge in [0.25, 0.3) is 5.69 Å². The van der Waals surface area contributed by atoms with Crippen LogP contribution in [0.2, 0.25) is 0 Å². The van der Waals surface area contributed by atoms with E-state index in [-0.39, 0.29) is 25.3 Å². The molecule has 1 atom stereocenters. The maximum Gasteiger partial charge on any atom is 0.401 e. The highest BCUT2D eigenvalue weighted by Gasteiger charge is 2.35. The molecule has 0 aliphatic carbocycles. The third-order valence-electron chi connectivity index (χ3n) is 3.93. The lowest BCUT2D eigenvalue weighted by molar-refractivity contribution is -0.385. The fourth-order valence-corrected chi connectivity index (χ4v) is 3.29. The Balaban J connectivity index is 2.28. The van der Waals surface area contributed by atoms with Gasteiger partial charge in [0.15, 0.2) is 0 Å². The van der Waals surface area contributed by atoms with Gasteiger partial charge < -0.3 is 4.90 Å². The standard InChI is InChI=1S/C13H17F3N4O4S/c1-9-7-18(2-3-19(9)8-13(14,15)16)10-4-11(20(21)22)6-12(5-10)25(17,23)24/h4-6,9H,2-3,7-8H2,1H3,(H2,17,23,24). The molecule has 1 aliphatic rings. The summed E-state index contributed by atoms with van der Waals surface area (Å²) in [6, 6.07) is 2.75. The van der Waals surface area contributed by atoms with Gasteiger partial charge in [0.05, 0.1) is 16.4 Å². The minimum Gasteiger partial charge on any atom is -0.368 e. The molecule has 2 N–H and O–H groups in total. The van der Waals surface area contributed by atoms with E-state index in [1.54, 1.807) is 11.8 Å². The van der Waals surface area contributed by atoms with Crippen LogP contribution in [0.1, 0.15) is 6.92 Å². The number of hydrogen-bond acceptors (Lipinski definition) is 6. The van der Waals surface area contributed by atoms with Crippen LogP contribution in [-0.4, -0.2) is 56.6 Å². The molecule has 0 bridgehead atoms. The van der Waals surface area contributed by atoms with Gasteiger partial charge in [-0.15, -0.1) is 0 Å². The molecule has 0 saturated carbocycles. The number of nitrogens with zero attached hydrogens (tertiary/aromatic N) is 3. The average molecular weight is 382 g/mol. The molecule has 0 amide bonds. The number of piperazine rings is 1. The summed E-state index contributed by atoms with van der Waals surface area (Å²) in [6.07, 6.45) is -4.32. The maximum atomic E-state index is 12.5. The fraction of sp³-hybridized carbons (Fsp3) is 0.538. The van der Waals surface area contributed by atoms with Crippen molar-refractivity contribution in [3.63, 3.8) is 0 Å². The predicted octanol–water partition coefficient (Wildman–Crippen LogP) is 1.31. The molecule has 0 spiro atoms. The fourth-order valence-electron chi connectivity index (χ4n) is 2.72. The summed E-state index contributed by atoms with van der Waals surface area (Å²) in [5.74, 6) is 0. The Morgan fingerprint density at radius 3 is 2.44 bits per heavy atom. The summed E-state index contributed by atoms with van der Waals surface area (Å²) in [6.45, 7) is 0.996. The zero-order chi connectivity index (χ0) is 19.0. The van der Waals surface area contributed by atoms with Crippen LogP contribution in [0.3, 0.4) is 0 Å². The molecule has 0 aromatic heterocycles. The molecular formula is C13H17F3N4O4S. The van der Waals surface area contributed by atoms with E-state index in [1.807, 2.05) is 0 Å². The second-order valence-corrected chi connectivity index (χ2v) is 7.43. The summed E-state index contributed by atoms with van der Waals surface area (Å²) in [7, 11) is -4.16. The first-order chi connectivity index (χ1) is 11.4. The number of hydrogen-bond donors (Lipinski definition) is 1. The summed E-state index contributed by atoms with van der Waals surface area (Å²) in [5.41, 5.74) is -0.219. The molecule has 1 heterocycles. The highest BCUT2D eigenvalue weighted by molar-refractivity contribution is 7.89. The van der Waals surface area contributed by atoms with Gasteiger partial charge in [0.1, 0.15) is 0 Å². The van der Waals surface area contributed by atoms with Crippen LogP contribution in [0.5, 0.6) is 0 Å². The number of alkyl halides is 3. The molecule has 1 aromatic rings. The van der Waals surface area contributed by atoms with E-state index in [2.05, 4.69) is 0 Å². The number of benzene rings is 1. The third-order valence-corrected chi connectivity index (χ3v) is 4.82. The van der Waals surface area contributed by atoms with Crippen molar-refractivity contribution in [1.82, 2.24) is 4.90 Å².